The highest BCUT2D eigenvalue weighted by molar-refractivity contribution is 7.93. The first kappa shape index (κ1) is 22.0. The van der Waals surface area contributed by atoms with E-state index in [1.54, 1.807) is 51.1 Å². The van der Waals surface area contributed by atoms with Gasteiger partial charge in [-0.3, -0.25) is 9.03 Å². The van der Waals surface area contributed by atoms with Crippen molar-refractivity contribution in [3.05, 3.63) is 48.5 Å². The highest BCUT2D eigenvalue weighted by atomic mass is 32.2. The first-order valence-corrected chi connectivity index (χ1v) is 12.0. The number of benzene rings is 2. The van der Waals surface area contributed by atoms with Crippen molar-refractivity contribution >= 4 is 31.4 Å². The van der Waals surface area contributed by atoms with Crippen molar-refractivity contribution in [3.8, 4) is 5.75 Å². The lowest BCUT2D eigenvalue weighted by Gasteiger charge is -2.23. The third-order valence-electron chi connectivity index (χ3n) is 3.91. The third-order valence-corrected chi connectivity index (χ3v) is 7.44. The van der Waals surface area contributed by atoms with Gasteiger partial charge in [-0.05, 0) is 43.2 Å². The van der Waals surface area contributed by atoms with E-state index < -0.39 is 20.0 Å². The first-order valence-electron chi connectivity index (χ1n) is 8.87. The fraction of sp³-hybridized carbons (Fsp3) is 0.368. The van der Waals surface area contributed by atoms with E-state index >= 15 is 0 Å². The van der Waals surface area contributed by atoms with E-state index in [0.717, 1.165) is 0 Å². The molecule has 0 unspecified atom stereocenters. The molecule has 0 heterocycles. The lowest BCUT2D eigenvalue weighted by molar-refractivity contribution is 0.416. The zero-order chi connectivity index (χ0) is 20.9. The first-order chi connectivity index (χ1) is 13.1. The molecule has 0 bridgehead atoms. The van der Waals surface area contributed by atoms with Gasteiger partial charge in [0.2, 0.25) is 10.0 Å². The number of sulfonamides is 2. The minimum atomic E-state index is -3.89. The molecule has 0 aromatic heterocycles. The molecule has 0 aliphatic heterocycles. The molecule has 0 radical (unpaired) electrons. The van der Waals surface area contributed by atoms with E-state index in [1.165, 1.54) is 29.6 Å². The highest BCUT2D eigenvalue weighted by Gasteiger charge is 2.25. The Morgan fingerprint density at radius 1 is 1.04 bits per heavy atom. The van der Waals surface area contributed by atoms with Gasteiger partial charge in [-0.15, -0.1) is 0 Å². The second-order valence-corrected chi connectivity index (χ2v) is 10.3. The van der Waals surface area contributed by atoms with Crippen LogP contribution in [0.3, 0.4) is 0 Å². The molecule has 0 atom stereocenters. The molecule has 0 saturated heterocycles. The minimum absolute atomic E-state index is 0.0266. The summed E-state index contributed by atoms with van der Waals surface area (Å²) < 4.78 is 59.9. The Balaban J connectivity index is 2.48. The molecule has 0 fully saturated rings. The summed E-state index contributed by atoms with van der Waals surface area (Å²) in [5.74, 6) is 0.0798. The molecule has 0 aliphatic carbocycles. The number of hydrogen-bond acceptors (Lipinski definition) is 5. The molecular formula is C19H26N2O5S2. The van der Waals surface area contributed by atoms with E-state index in [9.17, 15) is 16.8 Å². The molecule has 0 saturated carbocycles. The van der Waals surface area contributed by atoms with Crippen LogP contribution in [0.2, 0.25) is 0 Å². The maximum Gasteiger partial charge on any atom is 0.264 e. The quantitative estimate of drug-likeness (QED) is 0.664. The van der Waals surface area contributed by atoms with E-state index in [2.05, 4.69) is 4.72 Å². The topological polar surface area (TPSA) is 92.8 Å². The molecule has 154 valence electrons. The number of para-hydroxylation sites is 1. The number of nitrogens with zero attached hydrogens (tertiary/aromatic N) is 1. The Morgan fingerprint density at radius 2 is 1.68 bits per heavy atom. The average Bonchev–Trinajstić information content (AvgIpc) is 2.61. The van der Waals surface area contributed by atoms with Gasteiger partial charge in [-0.2, -0.15) is 0 Å². The lowest BCUT2D eigenvalue weighted by Crippen LogP contribution is -2.30. The molecule has 1 N–H and O–H groups in total. The standard InChI is InChI=1S/C19H26N2O5S2/c1-5-21(16-9-7-6-8-10-16)28(24,25)17-11-12-19(26-4)18(13-17)20-27(22,23)14-15(2)3/h6-13,15,20H,5,14H2,1-4H3. The fourth-order valence-electron chi connectivity index (χ4n) is 2.79. The van der Waals surface area contributed by atoms with Crippen molar-refractivity contribution in [3.63, 3.8) is 0 Å². The van der Waals surface area contributed by atoms with Crippen molar-refractivity contribution in [1.82, 2.24) is 0 Å². The van der Waals surface area contributed by atoms with Gasteiger partial charge in [0.05, 0.1) is 29.1 Å². The zero-order valence-electron chi connectivity index (χ0n) is 16.4. The minimum Gasteiger partial charge on any atom is -0.495 e. The van der Waals surface area contributed by atoms with Crippen molar-refractivity contribution < 1.29 is 21.6 Å². The Bertz CT molecular complexity index is 1000. The Hall–Kier alpha value is -2.26. The van der Waals surface area contributed by atoms with Gasteiger partial charge >= 0.3 is 0 Å². The zero-order valence-corrected chi connectivity index (χ0v) is 18.0. The van der Waals surface area contributed by atoms with E-state index in [-0.39, 0.29) is 34.5 Å². The third kappa shape index (κ3) is 5.17. The van der Waals surface area contributed by atoms with Gasteiger partial charge in [0.15, 0.2) is 0 Å². The molecule has 0 spiro atoms. The highest BCUT2D eigenvalue weighted by Crippen LogP contribution is 2.31. The summed E-state index contributed by atoms with van der Waals surface area (Å²) in [6, 6.07) is 12.9. The van der Waals surface area contributed by atoms with Crippen molar-refractivity contribution in [1.29, 1.82) is 0 Å². The van der Waals surface area contributed by atoms with Gasteiger partial charge in [-0.1, -0.05) is 32.0 Å². The molecule has 0 amide bonds. The number of anilines is 2. The van der Waals surface area contributed by atoms with E-state index in [4.69, 9.17) is 4.74 Å². The molecule has 2 aromatic carbocycles. The molecule has 9 heteroatoms. The van der Waals surface area contributed by atoms with Crippen LogP contribution in [0.25, 0.3) is 0 Å². The van der Waals surface area contributed by atoms with Crippen LogP contribution in [0.4, 0.5) is 11.4 Å². The molecule has 28 heavy (non-hydrogen) atoms. The number of nitrogens with one attached hydrogen (secondary N) is 1. The number of methoxy groups -OCH3 is 1. The van der Waals surface area contributed by atoms with Gasteiger partial charge in [-0.25, -0.2) is 16.8 Å². The summed E-state index contributed by atoms with van der Waals surface area (Å²) in [4.78, 5) is -0.0266. The second-order valence-electron chi connectivity index (χ2n) is 6.64. The monoisotopic (exact) mass is 426 g/mol. The van der Waals surface area contributed by atoms with Gasteiger partial charge in [0, 0.05) is 6.54 Å². The van der Waals surface area contributed by atoms with Crippen molar-refractivity contribution in [2.24, 2.45) is 5.92 Å². The van der Waals surface area contributed by atoms with Crippen LogP contribution < -0.4 is 13.8 Å². The fourth-order valence-corrected chi connectivity index (χ4v) is 5.74. The summed E-state index contributed by atoms with van der Waals surface area (Å²) >= 11 is 0. The van der Waals surface area contributed by atoms with Crippen LogP contribution in [0, 0.1) is 5.92 Å². The smallest absolute Gasteiger partial charge is 0.264 e. The largest absolute Gasteiger partial charge is 0.495 e. The molecular weight excluding hydrogens is 400 g/mol. The average molecular weight is 427 g/mol. The Kier molecular flexibility index (Phi) is 6.95. The molecule has 0 aliphatic rings. The van der Waals surface area contributed by atoms with E-state index in [1.807, 2.05) is 0 Å². The van der Waals surface area contributed by atoms with Crippen LogP contribution in [-0.2, 0) is 20.0 Å². The summed E-state index contributed by atoms with van der Waals surface area (Å²) in [6.07, 6.45) is 0. The van der Waals surface area contributed by atoms with Gasteiger partial charge in [0.25, 0.3) is 10.0 Å². The Labute approximate surface area is 167 Å². The molecule has 7 nitrogen and oxygen atoms in total. The van der Waals surface area contributed by atoms with Crippen LogP contribution in [0.5, 0.6) is 5.75 Å². The molecule has 2 aromatic rings. The Morgan fingerprint density at radius 3 is 2.21 bits per heavy atom. The SMILES string of the molecule is CCN(c1ccccc1)S(=O)(=O)c1ccc(OC)c(NS(=O)(=O)CC(C)C)c1. The summed E-state index contributed by atoms with van der Waals surface area (Å²) in [5, 5.41) is 0. The van der Waals surface area contributed by atoms with Crippen molar-refractivity contribution in [2.45, 2.75) is 25.7 Å². The van der Waals surface area contributed by atoms with Gasteiger partial charge < -0.3 is 4.74 Å². The van der Waals surface area contributed by atoms with Gasteiger partial charge in [0.1, 0.15) is 5.75 Å². The predicted octanol–water partition coefficient (Wildman–Crippen LogP) is 3.31. The second kappa shape index (κ2) is 8.83. The predicted molar refractivity (Wildman–Crippen MR) is 112 cm³/mol. The summed E-state index contributed by atoms with van der Waals surface area (Å²) in [7, 11) is -6.14. The summed E-state index contributed by atoms with van der Waals surface area (Å²) in [5.41, 5.74) is 0.621. The summed E-state index contributed by atoms with van der Waals surface area (Å²) in [6.45, 7) is 5.54. The normalized spacial score (nSPS) is 12.0. The number of hydrogen-bond donors (Lipinski definition) is 1. The van der Waals surface area contributed by atoms with E-state index in [0.29, 0.717) is 5.69 Å². The van der Waals surface area contributed by atoms with Crippen LogP contribution >= 0.6 is 0 Å². The lowest BCUT2D eigenvalue weighted by atomic mass is 10.3. The maximum atomic E-state index is 13.2. The van der Waals surface area contributed by atoms with Crippen molar-refractivity contribution in [2.75, 3.05) is 28.4 Å². The number of rotatable bonds is 9. The molecule has 2 rings (SSSR count). The van der Waals surface area contributed by atoms with Crippen LogP contribution in [0.1, 0.15) is 20.8 Å². The number of ether oxygens (including phenoxy) is 1. The maximum absolute atomic E-state index is 13.2. The van der Waals surface area contributed by atoms with Crippen LogP contribution in [0.15, 0.2) is 53.4 Å². The van der Waals surface area contributed by atoms with Crippen LogP contribution in [-0.4, -0.2) is 36.2 Å².